The van der Waals surface area contributed by atoms with E-state index in [1.54, 1.807) is 0 Å². The van der Waals surface area contributed by atoms with Gasteiger partial charge in [-0.05, 0) is 64.9 Å². The molecule has 2 aromatic heterocycles. The molecule has 9 rings (SSSR count). The van der Waals surface area contributed by atoms with Crippen LogP contribution in [-0.4, -0.2) is 0 Å². The second kappa shape index (κ2) is 9.37. The highest BCUT2D eigenvalue weighted by Crippen LogP contribution is 2.41. The molecule has 0 atom stereocenters. The van der Waals surface area contributed by atoms with Crippen LogP contribution < -0.4 is 4.90 Å². The van der Waals surface area contributed by atoms with Crippen molar-refractivity contribution >= 4 is 71.7 Å². The van der Waals surface area contributed by atoms with Gasteiger partial charge in [0.05, 0.1) is 0 Å². The number of hydrogen-bond acceptors (Lipinski definition) is 3. The van der Waals surface area contributed by atoms with Crippen molar-refractivity contribution in [3.05, 3.63) is 152 Å². The molecule has 0 aliphatic rings. The molecular formula is C40H25NO2. The van der Waals surface area contributed by atoms with Crippen molar-refractivity contribution in [2.24, 2.45) is 0 Å². The molecule has 202 valence electrons. The molecule has 7 aromatic carbocycles. The average Bonchev–Trinajstić information content (AvgIpc) is 3.64. The number of hydrogen-bond donors (Lipinski definition) is 0. The molecule has 0 radical (unpaired) electrons. The Morgan fingerprint density at radius 2 is 1.09 bits per heavy atom. The zero-order valence-corrected chi connectivity index (χ0v) is 23.2. The fourth-order valence-corrected chi connectivity index (χ4v) is 6.46. The van der Waals surface area contributed by atoms with Crippen molar-refractivity contribution in [2.75, 3.05) is 4.90 Å². The monoisotopic (exact) mass is 551 g/mol. The van der Waals surface area contributed by atoms with Gasteiger partial charge < -0.3 is 13.7 Å². The minimum Gasteiger partial charge on any atom is -0.456 e. The Balaban J connectivity index is 1.17. The van der Waals surface area contributed by atoms with Crippen LogP contribution in [0.25, 0.3) is 65.8 Å². The zero-order valence-electron chi connectivity index (χ0n) is 23.2. The Hall–Kier alpha value is -5.80. The number of furan rings is 2. The van der Waals surface area contributed by atoms with E-state index >= 15 is 0 Å². The van der Waals surface area contributed by atoms with Crippen LogP contribution >= 0.6 is 0 Å². The van der Waals surface area contributed by atoms with E-state index in [2.05, 4.69) is 138 Å². The molecule has 9 aromatic rings. The van der Waals surface area contributed by atoms with Crippen molar-refractivity contribution in [3.8, 4) is 11.1 Å². The second-order valence-electron chi connectivity index (χ2n) is 10.9. The molecule has 0 N–H and O–H groups in total. The van der Waals surface area contributed by atoms with Crippen molar-refractivity contribution in [1.82, 2.24) is 0 Å². The third-order valence-electron chi connectivity index (χ3n) is 8.46. The Labute approximate surface area is 247 Å². The van der Waals surface area contributed by atoms with Gasteiger partial charge in [-0.3, -0.25) is 0 Å². The maximum Gasteiger partial charge on any atom is 0.143 e. The molecule has 0 saturated carbocycles. The van der Waals surface area contributed by atoms with E-state index in [1.807, 2.05) is 18.2 Å². The van der Waals surface area contributed by atoms with E-state index in [0.717, 1.165) is 66.7 Å². The lowest BCUT2D eigenvalue weighted by Crippen LogP contribution is -2.09. The Bertz CT molecular complexity index is 2450. The first-order chi connectivity index (χ1) is 21.3. The highest BCUT2D eigenvalue weighted by atomic mass is 16.3. The third kappa shape index (κ3) is 3.75. The minimum absolute atomic E-state index is 0.875. The fraction of sp³-hybridized carbons (Fsp3) is 0. The van der Waals surface area contributed by atoms with Gasteiger partial charge in [0.1, 0.15) is 22.3 Å². The van der Waals surface area contributed by atoms with E-state index in [1.165, 1.54) is 16.2 Å². The summed E-state index contributed by atoms with van der Waals surface area (Å²) in [5.74, 6) is 0. The number of fused-ring (bicyclic) bond motifs is 8. The maximum atomic E-state index is 6.51. The van der Waals surface area contributed by atoms with Gasteiger partial charge in [-0.2, -0.15) is 0 Å². The number of nitrogens with zero attached hydrogens (tertiary/aromatic N) is 1. The molecule has 0 bridgehead atoms. The van der Waals surface area contributed by atoms with Crippen molar-refractivity contribution in [2.45, 2.75) is 0 Å². The molecule has 0 fully saturated rings. The van der Waals surface area contributed by atoms with Crippen LogP contribution in [0.3, 0.4) is 0 Å². The van der Waals surface area contributed by atoms with Crippen LogP contribution in [-0.2, 0) is 0 Å². The smallest absolute Gasteiger partial charge is 0.143 e. The van der Waals surface area contributed by atoms with Gasteiger partial charge >= 0.3 is 0 Å². The second-order valence-corrected chi connectivity index (χ2v) is 10.9. The number of para-hydroxylation sites is 3. The molecule has 3 nitrogen and oxygen atoms in total. The van der Waals surface area contributed by atoms with Crippen LogP contribution in [0.2, 0.25) is 0 Å². The summed E-state index contributed by atoms with van der Waals surface area (Å²) in [5.41, 5.74) is 8.98. The SMILES string of the molecule is c1ccc(N(c2ccc(-c3cccc4c3oc3ccc5ccccc5c34)cc2)c2ccc3c(c2)oc2ccccc23)cc1. The summed E-state index contributed by atoms with van der Waals surface area (Å²) in [6, 6.07) is 53.0. The van der Waals surface area contributed by atoms with Crippen LogP contribution in [0.1, 0.15) is 0 Å². The number of benzene rings is 7. The lowest BCUT2D eigenvalue weighted by atomic mass is 9.99. The van der Waals surface area contributed by atoms with Crippen LogP contribution in [0, 0.1) is 0 Å². The summed E-state index contributed by atoms with van der Waals surface area (Å²) in [5, 5.41) is 6.99. The standard InChI is InChI=1S/C40H25NO2/c1-2-10-28(11-3-1)41(30-22-23-34-33-13-6-7-16-36(33)42-38(34)25-30)29-20-17-27(18-21-29)32-14-8-15-35-39-31-12-5-4-9-26(31)19-24-37(39)43-40(32)35/h1-25H. The van der Waals surface area contributed by atoms with E-state index in [9.17, 15) is 0 Å². The van der Waals surface area contributed by atoms with E-state index in [4.69, 9.17) is 8.83 Å². The van der Waals surface area contributed by atoms with Gasteiger partial charge in [-0.1, -0.05) is 97.1 Å². The predicted octanol–water partition coefficient (Wildman–Crippen LogP) is 11.8. The summed E-state index contributed by atoms with van der Waals surface area (Å²) >= 11 is 0. The molecule has 0 unspecified atom stereocenters. The van der Waals surface area contributed by atoms with Crippen molar-refractivity contribution in [3.63, 3.8) is 0 Å². The molecule has 3 heteroatoms. The van der Waals surface area contributed by atoms with Gasteiger partial charge in [0.25, 0.3) is 0 Å². The van der Waals surface area contributed by atoms with Crippen molar-refractivity contribution in [1.29, 1.82) is 0 Å². The van der Waals surface area contributed by atoms with Gasteiger partial charge in [-0.25, -0.2) is 0 Å². The van der Waals surface area contributed by atoms with E-state index in [-0.39, 0.29) is 0 Å². The van der Waals surface area contributed by atoms with Gasteiger partial charge in [0, 0.05) is 50.2 Å². The maximum absolute atomic E-state index is 6.51. The highest BCUT2D eigenvalue weighted by molar-refractivity contribution is 6.20. The summed E-state index contributed by atoms with van der Waals surface area (Å²) in [6.45, 7) is 0. The molecule has 0 spiro atoms. The number of rotatable bonds is 4. The van der Waals surface area contributed by atoms with Gasteiger partial charge in [0.2, 0.25) is 0 Å². The first kappa shape index (κ1) is 23.9. The van der Waals surface area contributed by atoms with Crippen molar-refractivity contribution < 1.29 is 8.83 Å². The first-order valence-corrected chi connectivity index (χ1v) is 14.5. The van der Waals surface area contributed by atoms with Crippen LogP contribution in [0.4, 0.5) is 17.1 Å². The van der Waals surface area contributed by atoms with E-state index < -0.39 is 0 Å². The topological polar surface area (TPSA) is 29.5 Å². The molecule has 2 heterocycles. The van der Waals surface area contributed by atoms with Crippen LogP contribution in [0.5, 0.6) is 0 Å². The Kier molecular flexibility index (Phi) is 5.20. The number of anilines is 3. The fourth-order valence-electron chi connectivity index (χ4n) is 6.46. The molecular weight excluding hydrogens is 526 g/mol. The Morgan fingerprint density at radius 3 is 1.98 bits per heavy atom. The lowest BCUT2D eigenvalue weighted by Gasteiger charge is -2.25. The Morgan fingerprint density at radius 1 is 0.395 bits per heavy atom. The van der Waals surface area contributed by atoms with E-state index in [0.29, 0.717) is 0 Å². The predicted molar refractivity (Wildman–Crippen MR) is 179 cm³/mol. The summed E-state index contributed by atoms with van der Waals surface area (Å²) < 4.78 is 12.8. The van der Waals surface area contributed by atoms with Gasteiger partial charge in [-0.15, -0.1) is 0 Å². The largest absolute Gasteiger partial charge is 0.456 e. The first-order valence-electron chi connectivity index (χ1n) is 14.5. The average molecular weight is 552 g/mol. The summed E-state index contributed by atoms with van der Waals surface area (Å²) in [4.78, 5) is 2.27. The zero-order chi connectivity index (χ0) is 28.3. The molecule has 0 amide bonds. The molecule has 0 saturated heterocycles. The highest BCUT2D eigenvalue weighted by Gasteiger charge is 2.17. The molecule has 0 aliphatic carbocycles. The summed E-state index contributed by atoms with van der Waals surface area (Å²) in [7, 11) is 0. The lowest BCUT2D eigenvalue weighted by molar-refractivity contribution is 0.669. The van der Waals surface area contributed by atoms with Crippen LogP contribution in [0.15, 0.2) is 160 Å². The summed E-state index contributed by atoms with van der Waals surface area (Å²) in [6.07, 6.45) is 0. The van der Waals surface area contributed by atoms with Gasteiger partial charge in [0.15, 0.2) is 0 Å². The molecule has 43 heavy (non-hydrogen) atoms. The third-order valence-corrected chi connectivity index (χ3v) is 8.46. The normalized spacial score (nSPS) is 11.7. The molecule has 0 aliphatic heterocycles. The minimum atomic E-state index is 0.875. The quantitative estimate of drug-likeness (QED) is 0.218.